The lowest BCUT2D eigenvalue weighted by Crippen LogP contribution is -2.10. The average Bonchev–Trinajstić information content (AvgIpc) is 2.70. The summed E-state index contributed by atoms with van der Waals surface area (Å²) >= 11 is 1.64. The van der Waals surface area contributed by atoms with E-state index in [1.807, 2.05) is 11.6 Å². The average molecular weight is 207 g/mol. The van der Waals surface area contributed by atoms with Crippen LogP contribution in [-0.4, -0.2) is 11.1 Å². The van der Waals surface area contributed by atoms with Crippen LogP contribution >= 0.6 is 11.3 Å². The predicted octanol–water partition coefficient (Wildman–Crippen LogP) is 2.93. The Labute approximate surface area is 87.9 Å². The molecule has 14 heavy (non-hydrogen) atoms. The molecule has 0 radical (unpaired) electrons. The van der Waals surface area contributed by atoms with Crippen molar-refractivity contribution in [3.8, 4) is 0 Å². The third kappa shape index (κ3) is 2.53. The van der Waals surface area contributed by atoms with Crippen LogP contribution in [0.2, 0.25) is 0 Å². The summed E-state index contributed by atoms with van der Waals surface area (Å²) in [6.07, 6.45) is 9.44. The van der Waals surface area contributed by atoms with Crippen molar-refractivity contribution in [3.05, 3.63) is 40.4 Å². The first-order chi connectivity index (χ1) is 6.84. The molecule has 2 nitrogen and oxygen atoms in total. The molecule has 1 unspecified atom stereocenters. The predicted molar refractivity (Wildman–Crippen MR) is 58.2 cm³/mol. The third-order valence-corrected chi connectivity index (χ3v) is 2.90. The Kier molecular flexibility index (Phi) is 3.11. The lowest BCUT2D eigenvalue weighted by atomic mass is 10.1. The van der Waals surface area contributed by atoms with E-state index in [2.05, 4.69) is 30.1 Å². The summed E-state index contributed by atoms with van der Waals surface area (Å²) in [5.41, 5.74) is 1.32. The van der Waals surface area contributed by atoms with E-state index in [0.29, 0.717) is 6.61 Å². The van der Waals surface area contributed by atoms with Crippen molar-refractivity contribution < 1.29 is 4.74 Å². The van der Waals surface area contributed by atoms with Crippen LogP contribution in [0.25, 0.3) is 0 Å². The Morgan fingerprint density at radius 2 is 2.57 bits per heavy atom. The number of hydrogen-bond acceptors (Lipinski definition) is 3. The summed E-state index contributed by atoms with van der Waals surface area (Å²) in [5.74, 6) is 0. The van der Waals surface area contributed by atoms with E-state index in [1.165, 1.54) is 5.57 Å². The lowest BCUT2D eigenvalue weighted by molar-refractivity contribution is 0.0729. The van der Waals surface area contributed by atoms with Crippen LogP contribution in [0, 0.1) is 0 Å². The summed E-state index contributed by atoms with van der Waals surface area (Å²) in [4.78, 5) is 4.17. The largest absolute Gasteiger partial charge is 0.367 e. The van der Waals surface area contributed by atoms with Gasteiger partial charge in [0.25, 0.3) is 0 Å². The SMILES string of the molecule is CC1=CCC(OCc2nccs2)C=C1. The normalized spacial score (nSPS) is 20.9. The minimum absolute atomic E-state index is 0.225. The molecule has 1 aromatic rings. The van der Waals surface area contributed by atoms with Gasteiger partial charge in [0.2, 0.25) is 0 Å². The molecule has 0 spiro atoms. The molecule has 1 heterocycles. The summed E-state index contributed by atoms with van der Waals surface area (Å²) in [6.45, 7) is 2.73. The number of thiazole rings is 1. The first-order valence-corrected chi connectivity index (χ1v) is 5.57. The molecule has 0 aliphatic heterocycles. The van der Waals surface area contributed by atoms with Crippen LogP contribution in [0.4, 0.5) is 0 Å². The monoisotopic (exact) mass is 207 g/mol. The lowest BCUT2D eigenvalue weighted by Gasteiger charge is -2.14. The highest BCUT2D eigenvalue weighted by molar-refractivity contribution is 7.09. The second kappa shape index (κ2) is 4.53. The molecule has 0 bridgehead atoms. The summed E-state index contributed by atoms with van der Waals surface area (Å²) in [6, 6.07) is 0. The molecule has 74 valence electrons. The smallest absolute Gasteiger partial charge is 0.118 e. The molecule has 0 fully saturated rings. The Bertz CT molecular complexity index is 340. The van der Waals surface area contributed by atoms with E-state index < -0.39 is 0 Å². The molecular weight excluding hydrogens is 194 g/mol. The minimum atomic E-state index is 0.225. The quantitative estimate of drug-likeness (QED) is 0.760. The number of allylic oxidation sites excluding steroid dienone is 2. The van der Waals surface area contributed by atoms with Crippen molar-refractivity contribution in [2.75, 3.05) is 0 Å². The van der Waals surface area contributed by atoms with Crippen LogP contribution in [0.5, 0.6) is 0 Å². The first kappa shape index (κ1) is 9.62. The maximum atomic E-state index is 5.69. The Balaban J connectivity index is 1.80. The van der Waals surface area contributed by atoms with Crippen LogP contribution in [0.3, 0.4) is 0 Å². The van der Waals surface area contributed by atoms with Crippen LogP contribution in [-0.2, 0) is 11.3 Å². The number of nitrogens with zero attached hydrogens (tertiary/aromatic N) is 1. The number of hydrogen-bond donors (Lipinski definition) is 0. The van der Waals surface area contributed by atoms with Crippen molar-refractivity contribution in [2.24, 2.45) is 0 Å². The van der Waals surface area contributed by atoms with Crippen LogP contribution < -0.4 is 0 Å². The van der Waals surface area contributed by atoms with E-state index in [9.17, 15) is 0 Å². The molecule has 2 rings (SSSR count). The zero-order chi connectivity index (χ0) is 9.80. The maximum Gasteiger partial charge on any atom is 0.118 e. The number of rotatable bonds is 3. The van der Waals surface area contributed by atoms with Gasteiger partial charge in [-0.1, -0.05) is 23.8 Å². The number of aromatic nitrogens is 1. The van der Waals surface area contributed by atoms with Gasteiger partial charge in [0.05, 0.1) is 12.7 Å². The zero-order valence-corrected chi connectivity index (χ0v) is 8.96. The van der Waals surface area contributed by atoms with Gasteiger partial charge in [-0.05, 0) is 13.3 Å². The van der Waals surface area contributed by atoms with Crippen molar-refractivity contribution >= 4 is 11.3 Å². The summed E-state index contributed by atoms with van der Waals surface area (Å²) < 4.78 is 5.69. The van der Waals surface area contributed by atoms with Gasteiger partial charge in [0, 0.05) is 11.6 Å². The summed E-state index contributed by atoms with van der Waals surface area (Å²) in [5, 5.41) is 3.02. The molecular formula is C11H13NOS. The van der Waals surface area contributed by atoms with Gasteiger partial charge < -0.3 is 4.74 Å². The zero-order valence-electron chi connectivity index (χ0n) is 8.14. The highest BCUT2D eigenvalue weighted by atomic mass is 32.1. The minimum Gasteiger partial charge on any atom is -0.367 e. The fraction of sp³-hybridized carbons (Fsp3) is 0.364. The van der Waals surface area contributed by atoms with Gasteiger partial charge in [-0.2, -0.15) is 0 Å². The van der Waals surface area contributed by atoms with Crippen molar-refractivity contribution in [1.29, 1.82) is 0 Å². The molecule has 1 atom stereocenters. The molecule has 1 aromatic heterocycles. The fourth-order valence-electron chi connectivity index (χ4n) is 1.33. The second-order valence-electron chi connectivity index (χ2n) is 3.32. The maximum absolute atomic E-state index is 5.69. The van der Waals surface area contributed by atoms with E-state index in [-0.39, 0.29) is 6.10 Å². The van der Waals surface area contributed by atoms with Gasteiger partial charge in [-0.25, -0.2) is 4.98 Å². The molecule has 3 heteroatoms. The van der Waals surface area contributed by atoms with Gasteiger partial charge in [0.15, 0.2) is 0 Å². The van der Waals surface area contributed by atoms with E-state index >= 15 is 0 Å². The van der Waals surface area contributed by atoms with Gasteiger partial charge in [0.1, 0.15) is 5.01 Å². The van der Waals surface area contributed by atoms with Gasteiger partial charge >= 0.3 is 0 Å². The van der Waals surface area contributed by atoms with Crippen LogP contribution in [0.1, 0.15) is 18.4 Å². The number of ether oxygens (including phenoxy) is 1. The Hall–Kier alpha value is -0.930. The fourth-order valence-corrected chi connectivity index (χ4v) is 1.87. The highest BCUT2D eigenvalue weighted by Crippen LogP contribution is 2.15. The molecule has 0 N–H and O–H groups in total. The molecule has 0 aromatic carbocycles. The molecule has 1 aliphatic rings. The van der Waals surface area contributed by atoms with Crippen molar-refractivity contribution in [2.45, 2.75) is 26.1 Å². The molecule has 1 aliphatic carbocycles. The van der Waals surface area contributed by atoms with Gasteiger partial charge in [-0.15, -0.1) is 11.3 Å². The van der Waals surface area contributed by atoms with E-state index in [4.69, 9.17) is 4.74 Å². The Morgan fingerprint density at radius 1 is 1.64 bits per heavy atom. The van der Waals surface area contributed by atoms with E-state index in [0.717, 1.165) is 11.4 Å². The van der Waals surface area contributed by atoms with Crippen molar-refractivity contribution in [3.63, 3.8) is 0 Å². The Morgan fingerprint density at radius 3 is 3.21 bits per heavy atom. The molecule has 0 saturated carbocycles. The van der Waals surface area contributed by atoms with Gasteiger partial charge in [-0.3, -0.25) is 0 Å². The standard InChI is InChI=1S/C11H13NOS/c1-9-2-4-10(5-3-9)13-8-11-12-6-7-14-11/h2-4,6-7,10H,5,8H2,1H3. The van der Waals surface area contributed by atoms with E-state index in [1.54, 1.807) is 11.3 Å². The second-order valence-corrected chi connectivity index (χ2v) is 4.30. The topological polar surface area (TPSA) is 22.1 Å². The first-order valence-electron chi connectivity index (χ1n) is 4.69. The summed E-state index contributed by atoms with van der Waals surface area (Å²) in [7, 11) is 0. The molecule has 0 amide bonds. The highest BCUT2D eigenvalue weighted by Gasteiger charge is 2.07. The molecule has 0 saturated heterocycles. The van der Waals surface area contributed by atoms with Crippen molar-refractivity contribution in [1.82, 2.24) is 4.98 Å². The third-order valence-electron chi connectivity index (χ3n) is 2.15. The van der Waals surface area contributed by atoms with Crippen LogP contribution in [0.15, 0.2) is 35.4 Å².